The standard InChI is InChI=1S/C9H16N2S.H2O4S/c1-4-10-7-6-8(3)11(5-2)9(10)12;1-5(2,3)4/h6-8H,4-5H2,1-3H3;(H2,1,2,3,4). The molecule has 1 unspecified atom stereocenters. The van der Waals surface area contributed by atoms with Crippen molar-refractivity contribution in [1.82, 2.24) is 9.80 Å². The van der Waals surface area contributed by atoms with Crippen LogP contribution in [0.2, 0.25) is 0 Å². The molecule has 17 heavy (non-hydrogen) atoms. The molecule has 0 fully saturated rings. The number of nitrogens with zero attached hydrogens (tertiary/aromatic N) is 2. The zero-order valence-corrected chi connectivity index (χ0v) is 11.7. The van der Waals surface area contributed by atoms with Gasteiger partial charge in [-0.25, -0.2) is 8.42 Å². The summed E-state index contributed by atoms with van der Waals surface area (Å²) >= 11 is 5.32. The highest BCUT2D eigenvalue weighted by molar-refractivity contribution is 7.80. The van der Waals surface area contributed by atoms with E-state index in [0.717, 1.165) is 18.2 Å². The zero-order chi connectivity index (χ0) is 13.6. The predicted octanol–water partition coefficient (Wildman–Crippen LogP) is 0.948. The van der Waals surface area contributed by atoms with Crippen molar-refractivity contribution in [3.05, 3.63) is 12.3 Å². The molecule has 0 aromatic heterocycles. The van der Waals surface area contributed by atoms with Crippen LogP contribution in [0.4, 0.5) is 0 Å². The monoisotopic (exact) mass is 282 g/mol. The van der Waals surface area contributed by atoms with Crippen molar-refractivity contribution >= 4 is 27.7 Å². The molecule has 0 aromatic rings. The lowest BCUT2D eigenvalue weighted by molar-refractivity contribution is 0.334. The van der Waals surface area contributed by atoms with Gasteiger partial charge in [-0.15, -0.1) is 0 Å². The minimum absolute atomic E-state index is 0. The normalized spacial score (nSPS) is 20.1. The average molecular weight is 282 g/mol. The summed E-state index contributed by atoms with van der Waals surface area (Å²) in [7, 11) is -4.92. The van der Waals surface area contributed by atoms with Gasteiger partial charge >= 0.3 is 1.43 Å². The first-order valence-corrected chi connectivity index (χ1v) is 6.91. The van der Waals surface area contributed by atoms with Gasteiger partial charge in [0.25, 0.3) is 0 Å². The van der Waals surface area contributed by atoms with Gasteiger partial charge in [-0.1, -0.05) is 0 Å². The lowest BCUT2D eigenvalue weighted by Crippen LogP contribution is -2.47. The first-order valence-electron chi connectivity index (χ1n) is 5.14. The molecule has 1 aliphatic rings. The highest BCUT2D eigenvalue weighted by Gasteiger charge is 2.20. The largest absolute Gasteiger partial charge is 1.00 e. The lowest BCUT2D eigenvalue weighted by atomic mass is 10.2. The van der Waals surface area contributed by atoms with Crippen molar-refractivity contribution in [3.63, 3.8) is 0 Å². The summed E-state index contributed by atoms with van der Waals surface area (Å²) in [5, 5.41) is 0.954. The second-order valence-electron chi connectivity index (χ2n) is 3.36. The molecule has 1 aliphatic heterocycles. The van der Waals surface area contributed by atoms with E-state index in [0.29, 0.717) is 6.04 Å². The lowest BCUT2D eigenvalue weighted by Gasteiger charge is -2.37. The van der Waals surface area contributed by atoms with Crippen LogP contribution in [0.5, 0.6) is 0 Å². The van der Waals surface area contributed by atoms with Crippen LogP contribution in [0.1, 0.15) is 22.2 Å². The molecule has 0 saturated heterocycles. The number of likely N-dealkylation sites (N-methyl/N-ethyl adjacent to an activating group) is 1. The van der Waals surface area contributed by atoms with E-state index in [9.17, 15) is 0 Å². The molecule has 0 aromatic carbocycles. The van der Waals surface area contributed by atoms with Gasteiger partial charge in [0, 0.05) is 25.3 Å². The quantitative estimate of drug-likeness (QED) is 0.458. The van der Waals surface area contributed by atoms with Crippen molar-refractivity contribution in [1.29, 1.82) is 0 Å². The van der Waals surface area contributed by atoms with Crippen molar-refractivity contribution in [2.75, 3.05) is 13.1 Å². The van der Waals surface area contributed by atoms with Crippen LogP contribution >= 0.6 is 12.2 Å². The van der Waals surface area contributed by atoms with Gasteiger partial charge in [-0.3, -0.25) is 4.55 Å². The maximum atomic E-state index is 8.63. The van der Waals surface area contributed by atoms with E-state index in [2.05, 4.69) is 42.8 Å². The Morgan fingerprint density at radius 1 is 1.53 bits per heavy atom. The van der Waals surface area contributed by atoms with E-state index in [4.69, 9.17) is 29.7 Å². The summed E-state index contributed by atoms with van der Waals surface area (Å²) < 4.78 is 32.8. The molecular formula is C9H18N2O4S2. The summed E-state index contributed by atoms with van der Waals surface area (Å²) in [6.07, 6.45) is 4.27. The van der Waals surface area contributed by atoms with E-state index in [1.165, 1.54) is 0 Å². The smallest absolute Gasteiger partial charge is 0.726 e. The Balaban J connectivity index is 0. The fourth-order valence-corrected chi connectivity index (χ4v) is 1.88. The van der Waals surface area contributed by atoms with Crippen LogP contribution in [0.25, 0.3) is 0 Å². The first-order chi connectivity index (χ1) is 7.70. The molecule has 100 valence electrons. The third-order valence-corrected chi connectivity index (χ3v) is 2.68. The fraction of sp³-hybridized carbons (Fsp3) is 0.667. The van der Waals surface area contributed by atoms with Crippen LogP contribution in [-0.4, -0.2) is 51.6 Å². The van der Waals surface area contributed by atoms with E-state index in [1.54, 1.807) is 0 Å². The molecule has 1 N–H and O–H groups in total. The maximum Gasteiger partial charge on any atom is 1.00 e. The van der Waals surface area contributed by atoms with Crippen LogP contribution in [0.3, 0.4) is 0 Å². The van der Waals surface area contributed by atoms with Gasteiger partial charge < -0.3 is 14.4 Å². The molecular weight excluding hydrogens is 264 g/mol. The minimum Gasteiger partial charge on any atom is -0.726 e. The Morgan fingerprint density at radius 3 is 2.35 bits per heavy atom. The van der Waals surface area contributed by atoms with Crippen molar-refractivity contribution in [3.8, 4) is 0 Å². The number of hydrogen-bond acceptors (Lipinski definition) is 4. The molecule has 0 bridgehead atoms. The van der Waals surface area contributed by atoms with E-state index >= 15 is 0 Å². The minimum atomic E-state index is -4.92. The summed E-state index contributed by atoms with van der Waals surface area (Å²) in [6.45, 7) is 8.36. The van der Waals surface area contributed by atoms with Gasteiger partial charge in [0.05, 0.1) is 0 Å². The highest BCUT2D eigenvalue weighted by Crippen LogP contribution is 2.12. The summed E-state index contributed by atoms with van der Waals surface area (Å²) in [5.41, 5.74) is 0. The third kappa shape index (κ3) is 6.57. The maximum absolute atomic E-state index is 8.63. The third-order valence-electron chi connectivity index (χ3n) is 2.21. The van der Waals surface area contributed by atoms with Gasteiger partial charge in [0.15, 0.2) is 5.11 Å². The molecule has 0 aliphatic carbocycles. The Bertz CT molecular complexity index is 378. The summed E-state index contributed by atoms with van der Waals surface area (Å²) in [6, 6.07) is 0.449. The molecule has 1 heterocycles. The zero-order valence-electron chi connectivity index (χ0n) is 11.0. The van der Waals surface area contributed by atoms with Crippen LogP contribution in [-0.2, 0) is 10.4 Å². The fourth-order valence-electron chi connectivity index (χ4n) is 1.40. The van der Waals surface area contributed by atoms with Gasteiger partial charge in [-0.2, -0.15) is 0 Å². The van der Waals surface area contributed by atoms with Crippen LogP contribution in [0.15, 0.2) is 12.3 Å². The van der Waals surface area contributed by atoms with E-state index in [1.807, 2.05) is 0 Å². The SMILES string of the molecule is CCN1C=CC(C)N(CC)C1=S.O=S(=O)([O-])O.[H+]. The Labute approximate surface area is 109 Å². The Morgan fingerprint density at radius 2 is 2.00 bits per heavy atom. The average Bonchev–Trinajstić information content (AvgIpc) is 2.16. The van der Waals surface area contributed by atoms with Crippen molar-refractivity contribution in [2.24, 2.45) is 0 Å². The highest BCUT2D eigenvalue weighted by atomic mass is 32.3. The van der Waals surface area contributed by atoms with Crippen molar-refractivity contribution in [2.45, 2.75) is 26.8 Å². The molecule has 0 amide bonds. The van der Waals surface area contributed by atoms with E-state index < -0.39 is 10.4 Å². The summed E-state index contributed by atoms with van der Waals surface area (Å²) in [5.74, 6) is 0. The van der Waals surface area contributed by atoms with E-state index in [-0.39, 0.29) is 1.43 Å². The second kappa shape index (κ2) is 6.90. The first kappa shape index (κ1) is 16.3. The topological polar surface area (TPSA) is 83.9 Å². The molecule has 8 heteroatoms. The number of rotatable bonds is 2. The Hall–Kier alpha value is -0.700. The van der Waals surface area contributed by atoms with Crippen LogP contribution in [0, 0.1) is 0 Å². The Kier molecular flexibility index (Phi) is 6.61. The molecule has 1 rings (SSSR count). The van der Waals surface area contributed by atoms with Gasteiger partial charge in [0.2, 0.25) is 10.4 Å². The van der Waals surface area contributed by atoms with Gasteiger partial charge in [-0.05, 0) is 39.1 Å². The molecule has 0 saturated carbocycles. The van der Waals surface area contributed by atoms with Crippen LogP contribution < -0.4 is 0 Å². The molecule has 6 nitrogen and oxygen atoms in total. The second-order valence-corrected chi connectivity index (χ2v) is 4.59. The van der Waals surface area contributed by atoms with Crippen molar-refractivity contribution < 1.29 is 18.9 Å². The summed E-state index contributed by atoms with van der Waals surface area (Å²) in [4.78, 5) is 4.32. The molecule has 1 atom stereocenters. The predicted molar refractivity (Wildman–Crippen MR) is 69.4 cm³/mol. The molecule has 0 radical (unpaired) electrons. The number of thiocarbonyl (C=S) groups is 1. The molecule has 0 spiro atoms. The van der Waals surface area contributed by atoms with Gasteiger partial charge in [0.1, 0.15) is 0 Å². The number of hydrogen-bond donors (Lipinski definition) is 1.